The summed E-state index contributed by atoms with van der Waals surface area (Å²) >= 11 is 0. The first-order valence-corrected chi connectivity index (χ1v) is 7.01. The molecule has 0 spiro atoms. The molecule has 0 radical (unpaired) electrons. The second-order valence-electron chi connectivity index (χ2n) is 5.35. The minimum atomic E-state index is -0.456. The monoisotopic (exact) mass is 310 g/mol. The summed E-state index contributed by atoms with van der Waals surface area (Å²) < 4.78 is 5.33. The number of aryl methyl sites for hydroxylation is 1. The van der Waals surface area contributed by atoms with E-state index < -0.39 is 10.5 Å². The van der Waals surface area contributed by atoms with Crippen LogP contribution in [0.5, 0.6) is 0 Å². The SMILES string of the molecule is Cc1c(Cc2cccc([N+](=O)[O-])c2)c(=O)oc2cc(N)ccc12. The number of nitro groups is 1. The molecule has 0 unspecified atom stereocenters. The zero-order valence-electron chi connectivity index (χ0n) is 12.4. The van der Waals surface area contributed by atoms with Gasteiger partial charge in [-0.15, -0.1) is 0 Å². The van der Waals surface area contributed by atoms with Crippen molar-refractivity contribution in [2.45, 2.75) is 13.3 Å². The van der Waals surface area contributed by atoms with Crippen molar-refractivity contribution in [2.24, 2.45) is 0 Å². The second kappa shape index (κ2) is 5.57. The van der Waals surface area contributed by atoms with E-state index in [2.05, 4.69) is 0 Å². The molecule has 2 aromatic carbocycles. The maximum atomic E-state index is 12.2. The first-order valence-electron chi connectivity index (χ1n) is 7.01. The van der Waals surface area contributed by atoms with Gasteiger partial charge in [-0.3, -0.25) is 10.1 Å². The number of nitrogens with two attached hydrogens (primary N) is 1. The fourth-order valence-electron chi connectivity index (χ4n) is 2.60. The Hall–Kier alpha value is -3.15. The van der Waals surface area contributed by atoms with Crippen molar-refractivity contribution in [2.75, 3.05) is 5.73 Å². The minimum absolute atomic E-state index is 0.00176. The summed E-state index contributed by atoms with van der Waals surface area (Å²) in [5.41, 5.74) is 8.18. The molecular weight excluding hydrogens is 296 g/mol. The van der Waals surface area contributed by atoms with Crippen LogP contribution in [-0.2, 0) is 6.42 Å². The Kier molecular flexibility index (Phi) is 3.57. The highest BCUT2D eigenvalue weighted by Crippen LogP contribution is 2.24. The van der Waals surface area contributed by atoms with Crippen LogP contribution < -0.4 is 11.4 Å². The number of hydrogen-bond donors (Lipinski definition) is 1. The van der Waals surface area contributed by atoms with Gasteiger partial charge in [-0.1, -0.05) is 12.1 Å². The van der Waals surface area contributed by atoms with Gasteiger partial charge in [0.25, 0.3) is 5.69 Å². The summed E-state index contributed by atoms with van der Waals surface area (Å²) in [5.74, 6) is 0. The van der Waals surface area contributed by atoms with Crippen LogP contribution in [0.15, 0.2) is 51.7 Å². The van der Waals surface area contributed by atoms with Gasteiger partial charge in [0.05, 0.1) is 4.92 Å². The minimum Gasteiger partial charge on any atom is -0.422 e. The molecule has 23 heavy (non-hydrogen) atoms. The van der Waals surface area contributed by atoms with Gasteiger partial charge in [-0.25, -0.2) is 4.79 Å². The Labute approximate surface area is 131 Å². The van der Waals surface area contributed by atoms with E-state index in [1.54, 1.807) is 30.3 Å². The Morgan fingerprint density at radius 2 is 2.00 bits per heavy atom. The third kappa shape index (κ3) is 2.78. The highest BCUT2D eigenvalue weighted by atomic mass is 16.6. The fraction of sp³-hybridized carbons (Fsp3) is 0.118. The van der Waals surface area contributed by atoms with Crippen LogP contribution >= 0.6 is 0 Å². The number of rotatable bonds is 3. The molecule has 6 heteroatoms. The van der Waals surface area contributed by atoms with E-state index in [4.69, 9.17) is 10.2 Å². The van der Waals surface area contributed by atoms with Crippen LogP contribution in [-0.4, -0.2) is 4.92 Å². The molecule has 6 nitrogen and oxygen atoms in total. The lowest BCUT2D eigenvalue weighted by Gasteiger charge is -2.08. The van der Waals surface area contributed by atoms with Crippen molar-refractivity contribution >= 4 is 22.3 Å². The number of nitrogens with zero attached hydrogens (tertiary/aromatic N) is 1. The van der Waals surface area contributed by atoms with E-state index in [1.165, 1.54) is 12.1 Å². The Morgan fingerprint density at radius 1 is 1.22 bits per heavy atom. The second-order valence-corrected chi connectivity index (χ2v) is 5.35. The van der Waals surface area contributed by atoms with Crippen molar-refractivity contribution < 1.29 is 9.34 Å². The molecule has 2 N–H and O–H groups in total. The van der Waals surface area contributed by atoms with E-state index in [1.807, 2.05) is 6.92 Å². The molecule has 0 atom stereocenters. The van der Waals surface area contributed by atoms with Gasteiger partial charge >= 0.3 is 5.63 Å². The maximum Gasteiger partial charge on any atom is 0.340 e. The van der Waals surface area contributed by atoms with E-state index >= 15 is 0 Å². The number of fused-ring (bicyclic) bond motifs is 1. The van der Waals surface area contributed by atoms with E-state index in [9.17, 15) is 14.9 Å². The van der Waals surface area contributed by atoms with Crippen LogP contribution in [0.4, 0.5) is 11.4 Å². The smallest absolute Gasteiger partial charge is 0.340 e. The topological polar surface area (TPSA) is 99.4 Å². The zero-order valence-corrected chi connectivity index (χ0v) is 12.4. The summed E-state index contributed by atoms with van der Waals surface area (Å²) in [4.78, 5) is 22.7. The molecule has 0 saturated carbocycles. The first kappa shape index (κ1) is 14.8. The van der Waals surface area contributed by atoms with Crippen molar-refractivity contribution in [3.8, 4) is 0 Å². The summed E-state index contributed by atoms with van der Waals surface area (Å²) in [6, 6.07) is 11.4. The van der Waals surface area contributed by atoms with E-state index in [-0.39, 0.29) is 12.1 Å². The average Bonchev–Trinajstić information content (AvgIpc) is 2.51. The molecule has 1 heterocycles. The molecule has 0 aliphatic heterocycles. The van der Waals surface area contributed by atoms with Crippen LogP contribution in [0.1, 0.15) is 16.7 Å². The molecule has 3 aromatic rings. The van der Waals surface area contributed by atoms with Crippen LogP contribution in [0.3, 0.4) is 0 Å². The molecule has 0 fully saturated rings. The molecule has 1 aromatic heterocycles. The van der Waals surface area contributed by atoms with Gasteiger partial charge in [0.1, 0.15) is 5.58 Å². The quantitative estimate of drug-likeness (QED) is 0.346. The number of anilines is 1. The lowest BCUT2D eigenvalue weighted by Crippen LogP contribution is -2.11. The number of nitro benzene ring substituents is 1. The Bertz CT molecular complexity index is 976. The van der Waals surface area contributed by atoms with Crippen molar-refractivity contribution in [3.05, 3.63) is 79.7 Å². The highest BCUT2D eigenvalue weighted by Gasteiger charge is 2.14. The van der Waals surface area contributed by atoms with Crippen LogP contribution in [0.2, 0.25) is 0 Å². The predicted molar refractivity (Wildman–Crippen MR) is 87.5 cm³/mol. The van der Waals surface area contributed by atoms with Crippen LogP contribution in [0.25, 0.3) is 11.0 Å². The normalized spacial score (nSPS) is 10.8. The van der Waals surface area contributed by atoms with Gasteiger partial charge in [-0.2, -0.15) is 0 Å². The molecular formula is C17H14N2O4. The Balaban J connectivity index is 2.10. The maximum absolute atomic E-state index is 12.2. The standard InChI is InChI=1S/C17H14N2O4/c1-10-14-6-5-12(18)9-16(14)23-17(20)15(10)8-11-3-2-4-13(7-11)19(21)22/h2-7,9H,8,18H2,1H3. The summed E-state index contributed by atoms with van der Waals surface area (Å²) in [6.07, 6.45) is 0.274. The largest absolute Gasteiger partial charge is 0.422 e. The first-order chi connectivity index (χ1) is 11.0. The third-order valence-corrected chi connectivity index (χ3v) is 3.81. The van der Waals surface area contributed by atoms with Crippen molar-refractivity contribution in [1.29, 1.82) is 0 Å². The number of nitrogen functional groups attached to an aromatic ring is 1. The van der Waals surface area contributed by atoms with Gasteiger partial charge < -0.3 is 10.2 Å². The highest BCUT2D eigenvalue weighted by molar-refractivity contribution is 5.83. The number of benzene rings is 2. The van der Waals surface area contributed by atoms with E-state index in [0.717, 1.165) is 10.9 Å². The molecule has 0 saturated heterocycles. The lowest BCUT2D eigenvalue weighted by molar-refractivity contribution is -0.384. The van der Waals surface area contributed by atoms with Gasteiger partial charge in [0, 0.05) is 41.3 Å². The zero-order chi connectivity index (χ0) is 16.6. The van der Waals surface area contributed by atoms with Crippen molar-refractivity contribution in [3.63, 3.8) is 0 Å². The molecule has 0 aliphatic carbocycles. The molecule has 116 valence electrons. The summed E-state index contributed by atoms with van der Waals surface area (Å²) in [7, 11) is 0. The summed E-state index contributed by atoms with van der Waals surface area (Å²) in [6.45, 7) is 1.84. The molecule has 0 amide bonds. The van der Waals surface area contributed by atoms with E-state index in [0.29, 0.717) is 22.4 Å². The number of non-ortho nitro benzene ring substituents is 1. The van der Waals surface area contributed by atoms with Gasteiger partial charge in [0.15, 0.2) is 0 Å². The molecule has 0 aliphatic rings. The molecule has 0 bridgehead atoms. The van der Waals surface area contributed by atoms with Crippen molar-refractivity contribution in [1.82, 2.24) is 0 Å². The lowest BCUT2D eigenvalue weighted by atomic mass is 9.99. The third-order valence-electron chi connectivity index (χ3n) is 3.81. The van der Waals surface area contributed by atoms with Gasteiger partial charge in [0.2, 0.25) is 0 Å². The van der Waals surface area contributed by atoms with Gasteiger partial charge in [-0.05, 0) is 30.2 Å². The predicted octanol–water partition coefficient (Wildman–Crippen LogP) is 3.18. The number of hydrogen-bond acceptors (Lipinski definition) is 5. The fourth-order valence-corrected chi connectivity index (χ4v) is 2.60. The molecule has 3 rings (SSSR count). The van der Waals surface area contributed by atoms with Crippen LogP contribution in [0, 0.1) is 17.0 Å². The Morgan fingerprint density at radius 3 is 2.74 bits per heavy atom. The average molecular weight is 310 g/mol. The summed E-state index contributed by atoms with van der Waals surface area (Å²) in [5, 5.41) is 11.7.